The van der Waals surface area contributed by atoms with Crippen LogP contribution in [0.5, 0.6) is 5.75 Å². The first-order valence-electron chi connectivity index (χ1n) is 7.08. The Hall–Kier alpha value is -1.82. The average Bonchev–Trinajstić information content (AvgIpc) is 2.37. The fourth-order valence-electron chi connectivity index (χ4n) is 2.14. The number of rotatable bonds is 7. The highest BCUT2D eigenvalue weighted by Crippen LogP contribution is 2.37. The minimum Gasteiger partial charge on any atom is -0.487 e. The number of benzene rings is 1. The Morgan fingerprint density at radius 1 is 1.43 bits per heavy atom. The van der Waals surface area contributed by atoms with Crippen LogP contribution < -0.4 is 10.1 Å². The van der Waals surface area contributed by atoms with Gasteiger partial charge in [0.15, 0.2) is 5.75 Å². The van der Waals surface area contributed by atoms with Crippen molar-refractivity contribution in [3.63, 3.8) is 0 Å². The highest BCUT2D eigenvalue weighted by atomic mass is 16.6. The maximum absolute atomic E-state index is 11.3. The number of ether oxygens (including phenoxy) is 1. The van der Waals surface area contributed by atoms with Gasteiger partial charge in [-0.15, -0.1) is 0 Å². The van der Waals surface area contributed by atoms with Crippen molar-refractivity contribution in [2.75, 3.05) is 18.5 Å². The largest absolute Gasteiger partial charge is 0.487 e. The molecule has 1 aromatic rings. The Bertz CT molecular complexity index is 483. The van der Waals surface area contributed by atoms with Crippen LogP contribution in [0.4, 0.5) is 11.4 Å². The normalized spacial score (nSPS) is 12.8. The molecule has 0 spiro atoms. The van der Waals surface area contributed by atoms with Crippen molar-refractivity contribution in [1.82, 2.24) is 0 Å². The zero-order valence-corrected chi connectivity index (χ0v) is 13.0. The van der Waals surface area contributed by atoms with E-state index in [0.717, 1.165) is 0 Å². The molecular formula is C15H24N2O4. The van der Waals surface area contributed by atoms with Gasteiger partial charge in [-0.2, -0.15) is 0 Å². The second kappa shape index (κ2) is 7.26. The maximum Gasteiger partial charge on any atom is 0.333 e. The quantitative estimate of drug-likeness (QED) is 0.596. The van der Waals surface area contributed by atoms with E-state index in [1.165, 1.54) is 0 Å². The summed E-state index contributed by atoms with van der Waals surface area (Å²) in [4.78, 5) is 10.9. The molecule has 6 nitrogen and oxygen atoms in total. The van der Waals surface area contributed by atoms with Crippen molar-refractivity contribution < 1.29 is 14.8 Å². The van der Waals surface area contributed by atoms with Gasteiger partial charge in [0.05, 0.1) is 11.5 Å². The Morgan fingerprint density at radius 2 is 2.10 bits per heavy atom. The molecule has 0 fully saturated rings. The van der Waals surface area contributed by atoms with Crippen molar-refractivity contribution in [3.05, 3.63) is 28.3 Å². The second-order valence-electron chi connectivity index (χ2n) is 5.92. The van der Waals surface area contributed by atoms with Crippen LogP contribution in [-0.2, 0) is 0 Å². The van der Waals surface area contributed by atoms with Gasteiger partial charge in [0.1, 0.15) is 5.69 Å². The Kier molecular flexibility index (Phi) is 5.96. The molecule has 0 aliphatic carbocycles. The van der Waals surface area contributed by atoms with Crippen LogP contribution in [0, 0.1) is 15.5 Å². The fourth-order valence-corrected chi connectivity index (χ4v) is 2.14. The SMILES string of the molecule is CCOc1cccc(NC(CCO)C(C)(C)C)c1[N+](=O)[O-]. The summed E-state index contributed by atoms with van der Waals surface area (Å²) in [6.07, 6.45) is 0.513. The van der Waals surface area contributed by atoms with Crippen molar-refractivity contribution in [3.8, 4) is 5.75 Å². The molecule has 6 heteroatoms. The van der Waals surface area contributed by atoms with Crippen molar-refractivity contribution in [1.29, 1.82) is 0 Å². The summed E-state index contributed by atoms with van der Waals surface area (Å²) in [5, 5.41) is 23.7. The summed E-state index contributed by atoms with van der Waals surface area (Å²) >= 11 is 0. The fraction of sp³-hybridized carbons (Fsp3) is 0.600. The van der Waals surface area contributed by atoms with Gasteiger partial charge in [-0.3, -0.25) is 10.1 Å². The lowest BCUT2D eigenvalue weighted by Gasteiger charge is -2.32. The van der Waals surface area contributed by atoms with E-state index in [0.29, 0.717) is 18.7 Å². The van der Waals surface area contributed by atoms with Crippen LogP contribution in [-0.4, -0.2) is 29.3 Å². The molecular weight excluding hydrogens is 272 g/mol. The van der Waals surface area contributed by atoms with Gasteiger partial charge in [0.25, 0.3) is 0 Å². The third-order valence-electron chi connectivity index (χ3n) is 3.27. The van der Waals surface area contributed by atoms with Crippen LogP contribution >= 0.6 is 0 Å². The third kappa shape index (κ3) is 4.60. The molecule has 0 aliphatic rings. The molecule has 1 unspecified atom stereocenters. The molecule has 1 atom stereocenters. The standard InChI is InChI=1S/C15H24N2O4/c1-5-21-12-8-6-7-11(14(12)17(19)20)16-13(9-10-18)15(2,3)4/h6-8,13,16,18H,5,9-10H2,1-4H3. The monoisotopic (exact) mass is 296 g/mol. The number of anilines is 1. The lowest BCUT2D eigenvalue weighted by Crippen LogP contribution is -2.35. The Labute approximate surface area is 125 Å². The van der Waals surface area contributed by atoms with Crippen LogP contribution in [0.2, 0.25) is 0 Å². The first-order valence-corrected chi connectivity index (χ1v) is 7.08. The third-order valence-corrected chi connectivity index (χ3v) is 3.27. The van der Waals surface area contributed by atoms with Crippen LogP contribution in [0.25, 0.3) is 0 Å². The van der Waals surface area contributed by atoms with Crippen molar-refractivity contribution >= 4 is 11.4 Å². The summed E-state index contributed by atoms with van der Waals surface area (Å²) < 4.78 is 5.34. The Morgan fingerprint density at radius 3 is 2.57 bits per heavy atom. The molecule has 0 radical (unpaired) electrons. The number of nitrogens with zero attached hydrogens (tertiary/aromatic N) is 1. The molecule has 0 saturated carbocycles. The number of nitro groups is 1. The first-order chi connectivity index (χ1) is 9.81. The lowest BCUT2D eigenvalue weighted by molar-refractivity contribution is -0.385. The molecule has 0 aromatic heterocycles. The molecule has 0 heterocycles. The number of nitro benzene ring substituents is 1. The zero-order chi connectivity index (χ0) is 16.0. The molecule has 0 bridgehead atoms. The van der Waals surface area contributed by atoms with Gasteiger partial charge in [-0.25, -0.2) is 0 Å². The molecule has 1 aromatic carbocycles. The summed E-state index contributed by atoms with van der Waals surface area (Å²) in [6, 6.07) is 4.89. The van der Waals surface area contributed by atoms with E-state index in [9.17, 15) is 15.2 Å². The minimum atomic E-state index is -0.438. The van der Waals surface area contributed by atoms with Gasteiger partial charge < -0.3 is 15.2 Å². The number of nitrogens with one attached hydrogen (secondary N) is 1. The van der Waals surface area contributed by atoms with E-state index in [2.05, 4.69) is 5.32 Å². The predicted molar refractivity (Wildman–Crippen MR) is 82.8 cm³/mol. The summed E-state index contributed by atoms with van der Waals surface area (Å²) in [7, 11) is 0. The number of hydrogen-bond donors (Lipinski definition) is 2. The number of hydrogen-bond acceptors (Lipinski definition) is 5. The van der Waals surface area contributed by atoms with E-state index < -0.39 is 4.92 Å². The molecule has 21 heavy (non-hydrogen) atoms. The van der Waals surface area contributed by atoms with Gasteiger partial charge in [0.2, 0.25) is 0 Å². The van der Waals surface area contributed by atoms with E-state index in [4.69, 9.17) is 4.74 Å². The number of aliphatic hydroxyl groups excluding tert-OH is 1. The smallest absolute Gasteiger partial charge is 0.333 e. The topological polar surface area (TPSA) is 84.6 Å². The molecule has 118 valence electrons. The predicted octanol–water partition coefficient (Wildman–Crippen LogP) is 3.20. The lowest BCUT2D eigenvalue weighted by atomic mass is 9.84. The van der Waals surface area contributed by atoms with Gasteiger partial charge in [-0.05, 0) is 30.9 Å². The molecule has 1 rings (SSSR count). The highest BCUT2D eigenvalue weighted by molar-refractivity contribution is 5.68. The van der Waals surface area contributed by atoms with E-state index in [-0.39, 0.29) is 29.5 Å². The number of aliphatic hydroxyl groups is 1. The van der Waals surface area contributed by atoms with Gasteiger partial charge >= 0.3 is 5.69 Å². The summed E-state index contributed by atoms with van der Waals surface area (Å²) in [5.41, 5.74) is 0.212. The van der Waals surface area contributed by atoms with Crippen LogP contribution in [0.1, 0.15) is 34.1 Å². The van der Waals surface area contributed by atoms with Crippen LogP contribution in [0.15, 0.2) is 18.2 Å². The molecule has 0 saturated heterocycles. The van der Waals surface area contributed by atoms with Crippen molar-refractivity contribution in [2.24, 2.45) is 5.41 Å². The zero-order valence-electron chi connectivity index (χ0n) is 13.0. The maximum atomic E-state index is 11.3. The van der Waals surface area contributed by atoms with Gasteiger partial charge in [-0.1, -0.05) is 26.8 Å². The average molecular weight is 296 g/mol. The van der Waals surface area contributed by atoms with Crippen LogP contribution in [0.3, 0.4) is 0 Å². The van der Waals surface area contributed by atoms with E-state index in [1.807, 2.05) is 20.8 Å². The summed E-state index contributed by atoms with van der Waals surface area (Å²) in [6.45, 7) is 8.25. The van der Waals surface area contributed by atoms with E-state index >= 15 is 0 Å². The highest BCUT2D eigenvalue weighted by Gasteiger charge is 2.28. The first kappa shape index (κ1) is 17.2. The molecule has 0 aliphatic heterocycles. The summed E-state index contributed by atoms with van der Waals surface area (Å²) in [5.74, 6) is 0.254. The second-order valence-corrected chi connectivity index (χ2v) is 5.92. The minimum absolute atomic E-state index is 0.0217. The van der Waals surface area contributed by atoms with Crippen molar-refractivity contribution in [2.45, 2.75) is 40.2 Å². The number of para-hydroxylation sites is 1. The Balaban J connectivity index is 3.16. The van der Waals surface area contributed by atoms with E-state index in [1.54, 1.807) is 25.1 Å². The van der Waals surface area contributed by atoms with Gasteiger partial charge in [0, 0.05) is 12.6 Å². The molecule has 2 N–H and O–H groups in total. The molecule has 0 amide bonds.